The first-order valence-corrected chi connectivity index (χ1v) is 12.9. The van der Waals surface area contributed by atoms with Crippen molar-refractivity contribution in [3.8, 4) is 5.75 Å². The first kappa shape index (κ1) is 27.8. The van der Waals surface area contributed by atoms with Crippen LogP contribution in [0.1, 0.15) is 37.8 Å². The van der Waals surface area contributed by atoms with Gasteiger partial charge in [0.2, 0.25) is 21.8 Å². The molecule has 0 atom stereocenters. The third kappa shape index (κ3) is 5.78. The van der Waals surface area contributed by atoms with Crippen molar-refractivity contribution in [2.45, 2.75) is 49.1 Å². The summed E-state index contributed by atoms with van der Waals surface area (Å²) in [5.74, 6) is -3.58. The predicted molar refractivity (Wildman–Crippen MR) is 130 cm³/mol. The number of carboxylic acids is 2. The van der Waals surface area contributed by atoms with Gasteiger partial charge in [-0.3, -0.25) is 4.79 Å². The average molecular weight is 621 g/mol. The highest BCUT2D eigenvalue weighted by Gasteiger charge is 2.35. The van der Waals surface area contributed by atoms with E-state index in [0.29, 0.717) is 16.2 Å². The molecular formula is C22H23Br2NO8S. The van der Waals surface area contributed by atoms with Crippen molar-refractivity contribution in [2.24, 2.45) is 0 Å². The highest BCUT2D eigenvalue weighted by molar-refractivity contribution is 9.11. The molecule has 0 heterocycles. The average Bonchev–Trinajstić information content (AvgIpc) is 2.71. The Morgan fingerprint density at radius 1 is 1.03 bits per heavy atom. The van der Waals surface area contributed by atoms with Gasteiger partial charge in [0, 0.05) is 22.4 Å². The first-order valence-electron chi connectivity index (χ1n) is 9.86. The van der Waals surface area contributed by atoms with Crippen LogP contribution < -0.4 is 4.74 Å². The molecule has 1 amide bonds. The van der Waals surface area contributed by atoms with E-state index in [2.05, 4.69) is 31.9 Å². The molecule has 0 fully saturated rings. The second-order valence-electron chi connectivity index (χ2n) is 7.68. The molecule has 2 rings (SSSR count). The van der Waals surface area contributed by atoms with E-state index in [-0.39, 0.29) is 31.2 Å². The number of aliphatic carboxylic acids is 2. The lowest BCUT2D eigenvalue weighted by molar-refractivity contribution is -0.161. The van der Waals surface area contributed by atoms with Crippen LogP contribution in [-0.2, 0) is 30.8 Å². The molecule has 0 radical (unpaired) electrons. The van der Waals surface area contributed by atoms with Gasteiger partial charge < -0.3 is 19.8 Å². The Morgan fingerprint density at radius 2 is 1.56 bits per heavy atom. The maximum atomic E-state index is 13.5. The number of rotatable bonds is 9. The van der Waals surface area contributed by atoms with Crippen molar-refractivity contribution in [1.29, 1.82) is 0 Å². The molecule has 0 saturated heterocycles. The quantitative estimate of drug-likeness (QED) is 0.400. The molecule has 0 aliphatic heterocycles. The molecule has 0 spiro atoms. The van der Waals surface area contributed by atoms with Gasteiger partial charge in [0.1, 0.15) is 10.6 Å². The Labute approximate surface area is 213 Å². The number of amides is 1. The molecule has 0 aromatic heterocycles. The smallest absolute Gasteiger partial charge is 0.338 e. The van der Waals surface area contributed by atoms with Crippen molar-refractivity contribution in [3.05, 3.63) is 50.4 Å². The maximum absolute atomic E-state index is 13.5. The van der Waals surface area contributed by atoms with Crippen LogP contribution in [0.2, 0.25) is 0 Å². The summed E-state index contributed by atoms with van der Waals surface area (Å²) >= 11 is 6.52. The molecule has 0 aliphatic rings. The molecule has 12 heteroatoms. The predicted octanol–water partition coefficient (Wildman–Crippen LogP) is 4.06. The van der Waals surface area contributed by atoms with Gasteiger partial charge in [-0.05, 0) is 79.2 Å². The number of carbonyl (C=O) groups excluding carboxylic acids is 1. The number of halogens is 2. The molecule has 2 aromatic carbocycles. The van der Waals surface area contributed by atoms with Gasteiger partial charge in [-0.25, -0.2) is 18.0 Å². The van der Waals surface area contributed by atoms with E-state index >= 15 is 0 Å². The third-order valence-electron chi connectivity index (χ3n) is 5.00. The molecule has 34 heavy (non-hydrogen) atoms. The van der Waals surface area contributed by atoms with Crippen LogP contribution in [-0.4, -0.2) is 54.5 Å². The molecule has 0 bridgehead atoms. The van der Waals surface area contributed by atoms with Crippen LogP contribution in [0.25, 0.3) is 0 Å². The maximum Gasteiger partial charge on any atom is 0.338 e. The van der Waals surface area contributed by atoms with Crippen molar-refractivity contribution in [2.75, 3.05) is 7.11 Å². The van der Waals surface area contributed by atoms with E-state index in [1.165, 1.54) is 25.3 Å². The monoisotopic (exact) mass is 619 g/mol. The first-order chi connectivity index (χ1) is 15.7. The second kappa shape index (κ2) is 10.9. The minimum absolute atomic E-state index is 0.00772. The lowest BCUT2D eigenvalue weighted by atomic mass is 10.0. The molecule has 2 N–H and O–H groups in total. The number of carboxylic acid groups (broad SMARTS) is 2. The Hall–Kier alpha value is -2.44. The van der Waals surface area contributed by atoms with Gasteiger partial charge >= 0.3 is 11.9 Å². The van der Waals surface area contributed by atoms with Gasteiger partial charge in [-0.1, -0.05) is 13.8 Å². The molecule has 9 nitrogen and oxygen atoms in total. The van der Waals surface area contributed by atoms with E-state index in [1.807, 2.05) is 13.8 Å². The summed E-state index contributed by atoms with van der Waals surface area (Å²) in [5.41, 5.74) is 1.04. The fraction of sp³-hybridized carbons (Fsp3) is 0.318. The number of hydrogen-bond donors (Lipinski definition) is 2. The zero-order valence-corrected chi connectivity index (χ0v) is 22.7. The van der Waals surface area contributed by atoms with Crippen LogP contribution in [0, 0.1) is 0 Å². The Balaban J connectivity index is 2.55. The van der Waals surface area contributed by atoms with Crippen LogP contribution >= 0.6 is 31.9 Å². The number of benzene rings is 2. The number of carbonyl (C=O) groups is 3. The molecule has 0 aliphatic carbocycles. The van der Waals surface area contributed by atoms with Gasteiger partial charge in [0.05, 0.1) is 12.0 Å². The molecule has 0 unspecified atom stereocenters. The fourth-order valence-corrected chi connectivity index (χ4v) is 7.32. The topological polar surface area (TPSA) is 138 Å². The molecule has 2 aromatic rings. The SMILES string of the molecule is COc1ccc(S(=O)(=O)c2c(Br)cc(CN(C(C)=O)C(C(=O)O)C(=O)O)cc2Br)cc1C(C)C. The second-order valence-corrected chi connectivity index (χ2v) is 11.3. The van der Waals surface area contributed by atoms with Gasteiger partial charge in [-0.15, -0.1) is 0 Å². The number of hydrogen-bond acceptors (Lipinski definition) is 6. The van der Waals surface area contributed by atoms with Crippen LogP contribution in [0.3, 0.4) is 0 Å². The Bertz CT molecular complexity index is 1210. The lowest BCUT2D eigenvalue weighted by Gasteiger charge is -2.25. The van der Waals surface area contributed by atoms with E-state index in [4.69, 9.17) is 4.74 Å². The Kier molecular flexibility index (Phi) is 8.89. The van der Waals surface area contributed by atoms with E-state index in [1.54, 1.807) is 12.1 Å². The number of sulfone groups is 1. The van der Waals surface area contributed by atoms with Crippen LogP contribution in [0.4, 0.5) is 0 Å². The molecule has 0 saturated carbocycles. The number of methoxy groups -OCH3 is 1. The number of nitrogens with zero attached hydrogens (tertiary/aromatic N) is 1. The largest absolute Gasteiger partial charge is 0.496 e. The Morgan fingerprint density at radius 3 is 1.97 bits per heavy atom. The highest BCUT2D eigenvalue weighted by atomic mass is 79.9. The minimum Gasteiger partial charge on any atom is -0.496 e. The summed E-state index contributed by atoms with van der Waals surface area (Å²) in [6.07, 6.45) is 0. The summed E-state index contributed by atoms with van der Waals surface area (Å²) in [6, 6.07) is 5.29. The summed E-state index contributed by atoms with van der Waals surface area (Å²) in [7, 11) is -2.50. The number of ether oxygens (including phenoxy) is 1. The van der Waals surface area contributed by atoms with Gasteiger partial charge in [-0.2, -0.15) is 0 Å². The zero-order valence-electron chi connectivity index (χ0n) is 18.7. The van der Waals surface area contributed by atoms with E-state index in [0.717, 1.165) is 12.5 Å². The van der Waals surface area contributed by atoms with Crippen molar-refractivity contribution in [3.63, 3.8) is 0 Å². The standard InChI is InChI=1S/C22H23Br2NO8S/c1-11(2)15-9-14(5-6-18(15)33-4)34(31,32)20-16(23)7-13(8-17(20)24)10-25(12(3)26)19(21(27)28)22(29)30/h5-9,11,19H,10H2,1-4H3,(H,27,28)(H,29,30). The minimum atomic E-state index is -4.00. The highest BCUT2D eigenvalue weighted by Crippen LogP contribution is 2.38. The van der Waals surface area contributed by atoms with Crippen molar-refractivity contribution < 1.29 is 37.8 Å². The zero-order chi connectivity index (χ0) is 26.0. The van der Waals surface area contributed by atoms with Crippen molar-refractivity contribution in [1.82, 2.24) is 4.90 Å². The lowest BCUT2D eigenvalue weighted by Crippen LogP contribution is -2.48. The van der Waals surface area contributed by atoms with E-state index in [9.17, 15) is 33.0 Å². The van der Waals surface area contributed by atoms with Gasteiger partial charge in [0.15, 0.2) is 0 Å². The summed E-state index contributed by atoms with van der Waals surface area (Å²) in [5, 5.41) is 18.5. The van der Waals surface area contributed by atoms with Crippen molar-refractivity contribution >= 4 is 59.5 Å². The summed E-state index contributed by atoms with van der Waals surface area (Å²) in [6.45, 7) is 4.52. The molecular weight excluding hydrogens is 598 g/mol. The fourth-order valence-electron chi connectivity index (χ4n) is 3.36. The van der Waals surface area contributed by atoms with E-state index < -0.39 is 33.7 Å². The van der Waals surface area contributed by atoms with Gasteiger partial charge in [0.25, 0.3) is 0 Å². The normalized spacial score (nSPS) is 11.5. The van der Waals surface area contributed by atoms with Crippen LogP contribution in [0.5, 0.6) is 5.75 Å². The summed E-state index contributed by atoms with van der Waals surface area (Å²) < 4.78 is 32.6. The molecule has 184 valence electrons. The third-order valence-corrected chi connectivity index (χ3v) is 8.62. The van der Waals surface area contributed by atoms with Crippen LogP contribution in [0.15, 0.2) is 49.1 Å². The summed E-state index contributed by atoms with van der Waals surface area (Å²) in [4.78, 5) is 35.4.